The average molecular weight is 306 g/mol. The molecule has 1 aliphatic heterocycles. The van der Waals surface area contributed by atoms with Crippen LogP contribution in [-0.4, -0.2) is 47.1 Å². The summed E-state index contributed by atoms with van der Waals surface area (Å²) in [7, 11) is 0. The molecule has 6 nitrogen and oxygen atoms in total. The number of primary amides is 1. The summed E-state index contributed by atoms with van der Waals surface area (Å²) in [6, 6.07) is 5.62. The number of nitrogens with two attached hydrogens (primary N) is 1. The van der Waals surface area contributed by atoms with Crippen molar-refractivity contribution in [1.82, 2.24) is 4.90 Å². The molecule has 22 heavy (non-hydrogen) atoms. The minimum atomic E-state index is -1.63. The number of ether oxygens (including phenoxy) is 1. The highest BCUT2D eigenvalue weighted by atomic mass is 16.5. The van der Waals surface area contributed by atoms with Crippen LogP contribution in [0, 0.1) is 13.8 Å². The van der Waals surface area contributed by atoms with E-state index >= 15 is 0 Å². The fourth-order valence-electron chi connectivity index (χ4n) is 2.49. The number of nitrogens with zero attached hydrogens (tertiary/aromatic N) is 1. The van der Waals surface area contributed by atoms with Crippen LogP contribution in [0.25, 0.3) is 0 Å². The van der Waals surface area contributed by atoms with Crippen molar-refractivity contribution in [3.05, 3.63) is 29.3 Å². The molecule has 0 radical (unpaired) electrons. The average Bonchev–Trinajstić information content (AvgIpc) is 2.48. The molecule has 1 aromatic rings. The Labute approximate surface area is 129 Å². The Morgan fingerprint density at radius 3 is 2.73 bits per heavy atom. The second kappa shape index (κ2) is 6.36. The predicted octanol–water partition coefficient (Wildman–Crippen LogP) is 0.521. The second-order valence-corrected chi connectivity index (χ2v) is 5.85. The van der Waals surface area contributed by atoms with E-state index in [-0.39, 0.29) is 25.5 Å². The summed E-state index contributed by atoms with van der Waals surface area (Å²) >= 11 is 0. The number of piperidine rings is 1. The van der Waals surface area contributed by atoms with E-state index < -0.39 is 11.5 Å². The first kappa shape index (κ1) is 16.3. The lowest BCUT2D eigenvalue weighted by atomic mass is 9.92. The zero-order valence-corrected chi connectivity index (χ0v) is 13.0. The van der Waals surface area contributed by atoms with Crippen LogP contribution in [0.1, 0.15) is 24.0 Å². The molecule has 0 aliphatic carbocycles. The molecule has 0 bridgehead atoms. The molecule has 0 spiro atoms. The number of likely N-dealkylation sites (tertiary alicyclic amines) is 1. The van der Waals surface area contributed by atoms with Crippen molar-refractivity contribution in [2.24, 2.45) is 5.73 Å². The van der Waals surface area contributed by atoms with E-state index in [1.807, 2.05) is 32.0 Å². The van der Waals surface area contributed by atoms with Gasteiger partial charge in [-0.1, -0.05) is 6.07 Å². The van der Waals surface area contributed by atoms with E-state index in [4.69, 9.17) is 10.5 Å². The second-order valence-electron chi connectivity index (χ2n) is 5.85. The third kappa shape index (κ3) is 3.57. The van der Waals surface area contributed by atoms with Crippen LogP contribution in [0.2, 0.25) is 0 Å². The SMILES string of the molecule is Cc1ccc(OCC(=O)N2CCC[C@@](O)(C(N)=O)C2)cc1C. The quantitative estimate of drug-likeness (QED) is 0.848. The van der Waals surface area contributed by atoms with Gasteiger partial charge in [0.2, 0.25) is 0 Å². The Bertz CT molecular complexity index is 588. The highest BCUT2D eigenvalue weighted by Gasteiger charge is 2.40. The predicted molar refractivity (Wildman–Crippen MR) is 81.4 cm³/mol. The molecule has 0 aromatic heterocycles. The third-order valence-electron chi connectivity index (χ3n) is 4.12. The van der Waals surface area contributed by atoms with Gasteiger partial charge < -0.3 is 20.5 Å². The molecular weight excluding hydrogens is 284 g/mol. The zero-order valence-electron chi connectivity index (χ0n) is 13.0. The molecule has 1 aromatic carbocycles. The van der Waals surface area contributed by atoms with E-state index in [0.717, 1.165) is 11.1 Å². The molecule has 0 saturated carbocycles. The highest BCUT2D eigenvalue weighted by molar-refractivity contribution is 5.85. The van der Waals surface area contributed by atoms with Crippen molar-refractivity contribution in [3.63, 3.8) is 0 Å². The van der Waals surface area contributed by atoms with Gasteiger partial charge in [0.1, 0.15) is 5.75 Å². The zero-order chi connectivity index (χ0) is 16.3. The fraction of sp³-hybridized carbons (Fsp3) is 0.500. The van der Waals surface area contributed by atoms with Gasteiger partial charge in [-0.25, -0.2) is 0 Å². The van der Waals surface area contributed by atoms with E-state index in [9.17, 15) is 14.7 Å². The van der Waals surface area contributed by atoms with Gasteiger partial charge in [0.15, 0.2) is 12.2 Å². The Hall–Kier alpha value is -2.08. The van der Waals surface area contributed by atoms with Gasteiger partial charge in [-0.2, -0.15) is 0 Å². The molecule has 1 heterocycles. The lowest BCUT2D eigenvalue weighted by Gasteiger charge is -2.36. The van der Waals surface area contributed by atoms with Crippen LogP contribution in [0.15, 0.2) is 18.2 Å². The summed E-state index contributed by atoms with van der Waals surface area (Å²) < 4.78 is 5.50. The first-order valence-corrected chi connectivity index (χ1v) is 7.32. The standard InChI is InChI=1S/C16H22N2O4/c1-11-4-5-13(8-12(11)2)22-9-14(19)18-7-3-6-16(21,10-18)15(17)20/h4-5,8,21H,3,6-7,9-10H2,1-2H3,(H2,17,20)/t16-/m0/s1. The molecule has 120 valence electrons. The van der Waals surface area contributed by atoms with E-state index in [1.165, 1.54) is 4.90 Å². The lowest BCUT2D eigenvalue weighted by Crippen LogP contribution is -2.57. The minimum absolute atomic E-state index is 0.0720. The largest absolute Gasteiger partial charge is 0.484 e. The molecule has 1 aliphatic rings. The third-order valence-corrected chi connectivity index (χ3v) is 4.12. The van der Waals surface area contributed by atoms with Gasteiger partial charge >= 0.3 is 0 Å². The van der Waals surface area contributed by atoms with Crippen LogP contribution < -0.4 is 10.5 Å². The first-order valence-electron chi connectivity index (χ1n) is 7.32. The summed E-state index contributed by atoms with van der Waals surface area (Å²) in [5, 5.41) is 10.1. The lowest BCUT2D eigenvalue weighted by molar-refractivity contribution is -0.150. The number of carbonyl (C=O) groups excluding carboxylic acids is 2. The van der Waals surface area contributed by atoms with E-state index in [1.54, 1.807) is 0 Å². The first-order chi connectivity index (χ1) is 10.3. The van der Waals surface area contributed by atoms with Crippen molar-refractivity contribution in [1.29, 1.82) is 0 Å². The molecule has 1 fully saturated rings. The number of aryl methyl sites for hydroxylation is 2. The summed E-state index contributed by atoms with van der Waals surface area (Å²) in [6.45, 7) is 4.27. The van der Waals surface area contributed by atoms with Crippen LogP contribution in [-0.2, 0) is 9.59 Å². The number of carbonyl (C=O) groups is 2. The molecule has 0 unspecified atom stereocenters. The maximum atomic E-state index is 12.2. The molecule has 6 heteroatoms. The fourth-order valence-corrected chi connectivity index (χ4v) is 2.49. The maximum Gasteiger partial charge on any atom is 0.260 e. The molecule has 1 saturated heterocycles. The summed E-state index contributed by atoms with van der Waals surface area (Å²) in [5.74, 6) is -0.434. The molecule has 3 N–H and O–H groups in total. The minimum Gasteiger partial charge on any atom is -0.484 e. The number of amides is 2. The van der Waals surface area contributed by atoms with Crippen LogP contribution in [0.4, 0.5) is 0 Å². The topological polar surface area (TPSA) is 92.9 Å². The number of β-amino-alcohol motifs (C(OH)–C–C–N with tert-alkyl or cyclic N) is 1. The molecule has 2 amide bonds. The number of hydrogen-bond acceptors (Lipinski definition) is 4. The molecular formula is C16H22N2O4. The number of hydrogen-bond donors (Lipinski definition) is 2. The number of aliphatic hydroxyl groups is 1. The molecule has 1 atom stereocenters. The summed E-state index contributed by atoms with van der Waals surface area (Å²) in [4.78, 5) is 24.9. The number of benzene rings is 1. The van der Waals surface area contributed by atoms with Gasteiger partial charge in [0.25, 0.3) is 11.8 Å². The van der Waals surface area contributed by atoms with Crippen molar-refractivity contribution in [3.8, 4) is 5.75 Å². The summed E-state index contributed by atoms with van der Waals surface area (Å²) in [5.41, 5.74) is 5.81. The maximum absolute atomic E-state index is 12.2. The smallest absolute Gasteiger partial charge is 0.260 e. The van der Waals surface area contributed by atoms with Crippen molar-refractivity contribution >= 4 is 11.8 Å². The normalized spacial score (nSPS) is 21.5. The van der Waals surface area contributed by atoms with E-state index in [2.05, 4.69) is 0 Å². The van der Waals surface area contributed by atoms with Gasteiger partial charge in [-0.3, -0.25) is 9.59 Å². The highest BCUT2D eigenvalue weighted by Crippen LogP contribution is 2.21. The Morgan fingerprint density at radius 2 is 2.09 bits per heavy atom. The van der Waals surface area contributed by atoms with Gasteiger partial charge in [-0.05, 0) is 49.9 Å². The van der Waals surface area contributed by atoms with Crippen LogP contribution in [0.5, 0.6) is 5.75 Å². The summed E-state index contributed by atoms with van der Waals surface area (Å²) in [6.07, 6.45) is 0.818. The van der Waals surface area contributed by atoms with E-state index in [0.29, 0.717) is 18.7 Å². The van der Waals surface area contributed by atoms with Crippen molar-refractivity contribution in [2.75, 3.05) is 19.7 Å². The Morgan fingerprint density at radius 1 is 1.36 bits per heavy atom. The van der Waals surface area contributed by atoms with Gasteiger partial charge in [-0.15, -0.1) is 0 Å². The van der Waals surface area contributed by atoms with Gasteiger partial charge in [0, 0.05) is 6.54 Å². The number of rotatable bonds is 4. The van der Waals surface area contributed by atoms with Gasteiger partial charge in [0.05, 0.1) is 6.54 Å². The Balaban J connectivity index is 1.94. The monoisotopic (exact) mass is 306 g/mol. The van der Waals surface area contributed by atoms with Crippen molar-refractivity contribution < 1.29 is 19.4 Å². The van der Waals surface area contributed by atoms with Crippen molar-refractivity contribution in [2.45, 2.75) is 32.3 Å². The van der Waals surface area contributed by atoms with Crippen LogP contribution >= 0.6 is 0 Å². The van der Waals surface area contributed by atoms with Crippen LogP contribution in [0.3, 0.4) is 0 Å². The Kier molecular flexibility index (Phi) is 4.71. The molecule has 2 rings (SSSR count).